The van der Waals surface area contributed by atoms with Crippen molar-refractivity contribution in [2.24, 2.45) is 0 Å². The van der Waals surface area contributed by atoms with Gasteiger partial charge in [0, 0.05) is 17.5 Å². The predicted molar refractivity (Wildman–Crippen MR) is 105 cm³/mol. The minimum Gasteiger partial charge on any atom is -0.479 e. The molecule has 3 rings (SSSR count). The first-order valence-electron chi connectivity index (χ1n) is 8.72. The molecule has 8 heteroatoms. The van der Waals surface area contributed by atoms with E-state index in [0.717, 1.165) is 16.5 Å². The van der Waals surface area contributed by atoms with Gasteiger partial charge in [0.25, 0.3) is 0 Å². The van der Waals surface area contributed by atoms with Gasteiger partial charge in [0.2, 0.25) is 11.3 Å². The summed E-state index contributed by atoms with van der Waals surface area (Å²) in [4.78, 5) is 10.7. The largest absolute Gasteiger partial charge is 0.479 e. The lowest BCUT2D eigenvalue weighted by molar-refractivity contribution is -0.139. The molecule has 28 heavy (non-hydrogen) atoms. The van der Waals surface area contributed by atoms with E-state index in [4.69, 9.17) is 18.4 Å². The van der Waals surface area contributed by atoms with Crippen LogP contribution in [-0.4, -0.2) is 28.5 Å². The molecule has 0 fully saturated rings. The molecule has 1 atom stereocenters. The number of hydrogen-bond donors (Lipinski definition) is 2. The third-order valence-electron chi connectivity index (χ3n) is 4.13. The van der Waals surface area contributed by atoms with Gasteiger partial charge in [-0.1, -0.05) is 42.5 Å². The first-order valence-corrected chi connectivity index (χ1v) is 9.80. The summed E-state index contributed by atoms with van der Waals surface area (Å²) in [6.07, 6.45) is 0.673. The Labute approximate surface area is 165 Å². The number of nitrogens with one attached hydrogen (secondary N) is 1. The van der Waals surface area contributed by atoms with Crippen molar-refractivity contribution >= 4 is 28.2 Å². The molecule has 0 aliphatic rings. The van der Waals surface area contributed by atoms with Gasteiger partial charge in [-0.15, -0.1) is 0 Å². The smallest absolute Gasteiger partial charge is 0.341 e. The maximum absolute atomic E-state index is 12.1. The number of carboxylic acid groups (broad SMARTS) is 1. The molecule has 1 unspecified atom stereocenters. The van der Waals surface area contributed by atoms with Crippen LogP contribution in [0.25, 0.3) is 11.0 Å². The highest BCUT2D eigenvalue weighted by Crippen LogP contribution is 2.32. The fraction of sp³-hybridized carbons (Fsp3) is 0.250. The maximum Gasteiger partial charge on any atom is 0.341 e. The monoisotopic (exact) mass is 403 g/mol. The minimum absolute atomic E-state index is 0.277. The van der Waals surface area contributed by atoms with Crippen LogP contribution in [0.2, 0.25) is 0 Å². The zero-order chi connectivity index (χ0) is 19.9. The van der Waals surface area contributed by atoms with Gasteiger partial charge in [0.15, 0.2) is 17.9 Å². The van der Waals surface area contributed by atoms with E-state index < -0.39 is 23.8 Å². The van der Waals surface area contributed by atoms with Crippen molar-refractivity contribution in [3.05, 3.63) is 65.4 Å². The van der Waals surface area contributed by atoms with Gasteiger partial charge in [0.1, 0.15) is 5.76 Å². The number of benzene rings is 2. The van der Waals surface area contributed by atoms with Crippen LogP contribution in [0, 0.1) is 6.92 Å². The summed E-state index contributed by atoms with van der Waals surface area (Å²) in [5.74, 6) is -0.0742. The lowest BCUT2D eigenvalue weighted by atomic mass is 10.1. The normalized spacial score (nSPS) is 12.2. The Bertz CT molecular complexity index is 969. The van der Waals surface area contributed by atoms with Crippen LogP contribution in [0.5, 0.6) is 5.75 Å². The first-order chi connectivity index (χ1) is 13.5. The quantitative estimate of drug-likeness (QED) is 0.540. The molecule has 0 spiro atoms. The van der Waals surface area contributed by atoms with E-state index >= 15 is 0 Å². The second-order valence-electron chi connectivity index (χ2n) is 6.07. The molecular weight excluding hydrogens is 382 g/mol. The Balaban J connectivity index is 1.59. The highest BCUT2D eigenvalue weighted by Gasteiger charge is 2.16. The van der Waals surface area contributed by atoms with Gasteiger partial charge in [-0.3, -0.25) is 4.18 Å². The van der Waals surface area contributed by atoms with E-state index in [1.54, 1.807) is 19.1 Å². The number of carbonyl (C=O) groups is 1. The molecule has 0 bridgehead atoms. The molecule has 0 aliphatic carbocycles. The van der Waals surface area contributed by atoms with E-state index in [-0.39, 0.29) is 6.54 Å². The van der Waals surface area contributed by atoms with Crippen LogP contribution in [0.3, 0.4) is 0 Å². The molecule has 2 N–H and O–H groups in total. The molecule has 0 amide bonds. The van der Waals surface area contributed by atoms with Crippen molar-refractivity contribution in [2.45, 2.75) is 19.9 Å². The molecular formula is C20H21NO6S. The number of aryl methyl sites for hydroxylation is 1. The van der Waals surface area contributed by atoms with Crippen molar-refractivity contribution in [1.29, 1.82) is 0 Å². The van der Waals surface area contributed by atoms with Crippen LogP contribution < -0.4 is 9.46 Å². The van der Waals surface area contributed by atoms with E-state index in [0.29, 0.717) is 30.1 Å². The molecule has 1 aromatic heterocycles. The van der Waals surface area contributed by atoms with Crippen molar-refractivity contribution in [1.82, 2.24) is 4.72 Å². The molecule has 3 aromatic rings. The van der Waals surface area contributed by atoms with E-state index in [1.165, 1.54) is 0 Å². The van der Waals surface area contributed by atoms with Crippen LogP contribution in [0.1, 0.15) is 16.9 Å². The Hall–Kier alpha value is -2.68. The summed E-state index contributed by atoms with van der Waals surface area (Å²) < 4.78 is 31.2. The predicted octanol–water partition coefficient (Wildman–Crippen LogP) is 3.13. The van der Waals surface area contributed by atoms with Crippen molar-refractivity contribution in [2.75, 3.05) is 13.2 Å². The highest BCUT2D eigenvalue weighted by atomic mass is 32.2. The number of fused-ring (bicyclic) bond motifs is 1. The number of aliphatic carboxylic acids is 1. The zero-order valence-electron chi connectivity index (χ0n) is 15.3. The number of rotatable bonds is 10. The van der Waals surface area contributed by atoms with Gasteiger partial charge in [0.05, 0.1) is 6.61 Å². The Morgan fingerprint density at radius 1 is 1.18 bits per heavy atom. The Morgan fingerprint density at radius 2 is 1.96 bits per heavy atom. The minimum atomic E-state index is -1.65. The summed E-state index contributed by atoms with van der Waals surface area (Å²) >= 11 is -1.65. The summed E-state index contributed by atoms with van der Waals surface area (Å²) in [5.41, 5.74) is 2.40. The fourth-order valence-corrected chi connectivity index (χ4v) is 3.37. The fourth-order valence-electron chi connectivity index (χ4n) is 2.79. The van der Waals surface area contributed by atoms with Gasteiger partial charge in [-0.2, -0.15) is 0 Å². The molecule has 1 heterocycles. The molecule has 0 aliphatic heterocycles. The van der Waals surface area contributed by atoms with E-state index in [1.807, 2.05) is 36.4 Å². The molecule has 0 radical (unpaired) electrons. The Kier molecular flexibility index (Phi) is 6.80. The third-order valence-corrected chi connectivity index (χ3v) is 4.89. The van der Waals surface area contributed by atoms with Crippen LogP contribution in [-0.2, 0) is 33.2 Å². The van der Waals surface area contributed by atoms with E-state index in [2.05, 4.69) is 4.72 Å². The Morgan fingerprint density at radius 3 is 2.71 bits per heavy atom. The molecule has 0 saturated heterocycles. The molecule has 7 nitrogen and oxygen atoms in total. The van der Waals surface area contributed by atoms with Crippen molar-refractivity contribution in [3.63, 3.8) is 0 Å². The number of hydrogen-bond acceptors (Lipinski definition) is 5. The zero-order valence-corrected chi connectivity index (χ0v) is 16.2. The van der Waals surface area contributed by atoms with Gasteiger partial charge >= 0.3 is 5.97 Å². The number of ether oxygens (including phenoxy) is 1. The number of furan rings is 1. The lowest BCUT2D eigenvalue weighted by Gasteiger charge is -2.06. The van der Waals surface area contributed by atoms with Crippen LogP contribution in [0.15, 0.2) is 52.9 Å². The standard InChI is InChI=1S/C20H21NO6S/c1-14-17(12-21-28(24)26-11-10-15-6-3-2-4-7-15)16-8-5-9-18(20(16)27-14)25-13-19(22)23/h2-9,21H,10-13H2,1H3,(H,22,23). The molecule has 2 aromatic carbocycles. The summed E-state index contributed by atoms with van der Waals surface area (Å²) in [7, 11) is 0. The number of carboxylic acids is 1. The molecule has 0 saturated carbocycles. The third kappa shape index (κ3) is 5.19. The molecule has 148 valence electrons. The summed E-state index contributed by atoms with van der Waals surface area (Å²) in [5, 5.41) is 9.55. The van der Waals surface area contributed by atoms with Gasteiger partial charge < -0.3 is 14.3 Å². The first kappa shape index (κ1) is 20.1. The van der Waals surface area contributed by atoms with Crippen molar-refractivity contribution < 1.29 is 27.4 Å². The van der Waals surface area contributed by atoms with Gasteiger partial charge in [-0.25, -0.2) is 13.7 Å². The average Bonchev–Trinajstić information content (AvgIpc) is 3.01. The SMILES string of the molecule is Cc1oc2c(OCC(=O)O)cccc2c1CNS(=O)OCCc1ccccc1. The van der Waals surface area contributed by atoms with Gasteiger partial charge in [-0.05, 0) is 25.0 Å². The van der Waals surface area contributed by atoms with Crippen LogP contribution in [0.4, 0.5) is 0 Å². The van der Waals surface area contributed by atoms with Crippen molar-refractivity contribution in [3.8, 4) is 5.75 Å². The lowest BCUT2D eigenvalue weighted by Crippen LogP contribution is -2.20. The van der Waals surface area contributed by atoms with Crippen LogP contribution >= 0.6 is 0 Å². The second kappa shape index (κ2) is 9.50. The number of para-hydroxylation sites is 1. The highest BCUT2D eigenvalue weighted by molar-refractivity contribution is 7.78. The summed E-state index contributed by atoms with van der Waals surface area (Å²) in [6.45, 7) is 1.95. The maximum atomic E-state index is 12.1. The van der Waals surface area contributed by atoms with E-state index in [9.17, 15) is 9.00 Å². The second-order valence-corrected chi connectivity index (χ2v) is 7.06. The average molecular weight is 403 g/mol. The topological polar surface area (TPSA) is 98.0 Å². The summed E-state index contributed by atoms with van der Waals surface area (Å²) in [6, 6.07) is 15.1.